The van der Waals surface area contributed by atoms with E-state index in [1.54, 1.807) is 19.3 Å². The molecule has 2 amide bonds. The number of amides is 2. The highest BCUT2D eigenvalue weighted by atomic mass is 35.5. The molecule has 3 heterocycles. The number of nitrogens with zero attached hydrogens (tertiary/aromatic N) is 4. The zero-order valence-corrected chi connectivity index (χ0v) is 16.5. The molecule has 8 nitrogen and oxygen atoms in total. The summed E-state index contributed by atoms with van der Waals surface area (Å²) < 4.78 is 1.26. The first-order valence-corrected chi connectivity index (χ1v) is 9.05. The Bertz CT molecular complexity index is 1080. The van der Waals surface area contributed by atoms with Crippen LogP contribution < -0.4 is 21.7 Å². The van der Waals surface area contributed by atoms with Gasteiger partial charge in [0.2, 0.25) is 0 Å². The molecular weight excluding hydrogens is 402 g/mol. The van der Waals surface area contributed by atoms with Gasteiger partial charge in [0.1, 0.15) is 13.5 Å². The van der Waals surface area contributed by atoms with Crippen molar-refractivity contribution in [1.82, 2.24) is 19.7 Å². The number of halogens is 2. The molecule has 0 aliphatic rings. The summed E-state index contributed by atoms with van der Waals surface area (Å²) in [5.41, 5.74) is 2.01. The van der Waals surface area contributed by atoms with Gasteiger partial charge in [-0.05, 0) is 13.0 Å². The summed E-state index contributed by atoms with van der Waals surface area (Å²) in [6.45, 7) is 2.12. The van der Waals surface area contributed by atoms with Gasteiger partial charge in [0, 0.05) is 36.9 Å². The Morgan fingerprint density at radius 1 is 1.11 bits per heavy atom. The summed E-state index contributed by atoms with van der Waals surface area (Å²) in [6.07, 6.45) is 6.05. The fourth-order valence-electron chi connectivity index (χ4n) is 2.48. The van der Waals surface area contributed by atoms with E-state index in [1.807, 2.05) is 13.9 Å². The van der Waals surface area contributed by atoms with Crippen LogP contribution in [-0.2, 0) is 6.54 Å². The molecule has 0 saturated carbocycles. The third-order valence-electron chi connectivity index (χ3n) is 3.78. The monoisotopic (exact) mass is 416 g/mol. The molecule has 0 aliphatic heterocycles. The minimum atomic E-state index is -0.672. The van der Waals surface area contributed by atoms with Crippen molar-refractivity contribution in [2.45, 2.75) is 13.5 Å². The predicted molar refractivity (Wildman–Crippen MR) is 112 cm³/mol. The highest BCUT2D eigenvalue weighted by molar-refractivity contribution is 6.39. The van der Waals surface area contributed by atoms with Crippen LogP contribution in [0.5, 0.6) is 0 Å². The van der Waals surface area contributed by atoms with Gasteiger partial charge in [-0.15, -0.1) is 0 Å². The molecule has 142 valence electrons. The first-order chi connectivity index (χ1) is 13.4. The number of hydrogen-bond acceptors (Lipinski definition) is 5. The summed E-state index contributed by atoms with van der Waals surface area (Å²) in [5, 5.41) is 9.73. The van der Waals surface area contributed by atoms with Gasteiger partial charge in [0.15, 0.2) is 0 Å². The van der Waals surface area contributed by atoms with E-state index in [2.05, 4.69) is 25.7 Å². The first-order valence-electron chi connectivity index (χ1n) is 8.30. The Labute approximate surface area is 171 Å². The zero-order chi connectivity index (χ0) is 20.3. The van der Waals surface area contributed by atoms with Crippen molar-refractivity contribution in [2.24, 2.45) is 0 Å². The molecule has 0 unspecified atom stereocenters. The number of urea groups is 1. The summed E-state index contributed by atoms with van der Waals surface area (Å²) in [6, 6.07) is 2.72. The van der Waals surface area contributed by atoms with Crippen LogP contribution in [0.3, 0.4) is 0 Å². The Kier molecular flexibility index (Phi) is 5.96. The van der Waals surface area contributed by atoms with Crippen molar-refractivity contribution in [3.05, 3.63) is 57.3 Å². The van der Waals surface area contributed by atoms with E-state index in [0.29, 0.717) is 12.2 Å². The maximum atomic E-state index is 12.6. The molecule has 3 rings (SSSR count). The van der Waals surface area contributed by atoms with Crippen LogP contribution in [0, 0.1) is 0 Å². The topological polar surface area (TPSA) is 102 Å². The molecule has 28 heavy (non-hydrogen) atoms. The van der Waals surface area contributed by atoms with Crippen LogP contribution in [0.15, 0.2) is 41.7 Å². The SMILES string of the molecule is Bc1cncc(-c2cc(NC(=O)Nc3c(Cl)cncc3Cl)c(=O)n(CC)n2)c1. The second-order valence-corrected chi connectivity index (χ2v) is 6.69. The van der Waals surface area contributed by atoms with Crippen LogP contribution in [-0.4, -0.2) is 33.6 Å². The van der Waals surface area contributed by atoms with Gasteiger partial charge in [-0.25, -0.2) is 9.48 Å². The van der Waals surface area contributed by atoms with E-state index in [9.17, 15) is 9.59 Å². The second kappa shape index (κ2) is 8.41. The first kappa shape index (κ1) is 19.8. The number of carbonyl (C=O) groups is 1. The number of aryl methyl sites for hydroxylation is 1. The van der Waals surface area contributed by atoms with Gasteiger partial charge in [0.25, 0.3) is 5.56 Å². The summed E-state index contributed by atoms with van der Waals surface area (Å²) in [4.78, 5) is 32.9. The average Bonchev–Trinajstić information content (AvgIpc) is 2.66. The number of rotatable bonds is 4. The smallest absolute Gasteiger partial charge is 0.305 e. The maximum absolute atomic E-state index is 12.6. The maximum Gasteiger partial charge on any atom is 0.323 e. The predicted octanol–water partition coefficient (Wildman–Crippen LogP) is 1.93. The molecule has 3 aromatic heterocycles. The number of aromatic nitrogens is 4. The minimum Gasteiger partial charge on any atom is -0.305 e. The van der Waals surface area contributed by atoms with Gasteiger partial charge in [-0.1, -0.05) is 34.7 Å². The van der Waals surface area contributed by atoms with Crippen LogP contribution in [0.25, 0.3) is 11.3 Å². The summed E-state index contributed by atoms with van der Waals surface area (Å²) >= 11 is 12.0. The molecule has 11 heteroatoms. The lowest BCUT2D eigenvalue weighted by atomic mass is 9.96. The van der Waals surface area contributed by atoms with E-state index < -0.39 is 11.6 Å². The molecule has 2 N–H and O–H groups in total. The van der Waals surface area contributed by atoms with Gasteiger partial charge < -0.3 is 10.6 Å². The van der Waals surface area contributed by atoms with Crippen molar-refractivity contribution in [3.8, 4) is 11.3 Å². The van der Waals surface area contributed by atoms with Crippen LogP contribution in [0.4, 0.5) is 16.2 Å². The number of anilines is 2. The third kappa shape index (κ3) is 4.32. The number of hydrogen-bond donors (Lipinski definition) is 2. The van der Waals surface area contributed by atoms with Gasteiger partial charge in [-0.2, -0.15) is 5.10 Å². The van der Waals surface area contributed by atoms with Crippen molar-refractivity contribution in [3.63, 3.8) is 0 Å². The molecule has 0 aliphatic carbocycles. The van der Waals surface area contributed by atoms with Gasteiger partial charge >= 0.3 is 6.03 Å². The lowest BCUT2D eigenvalue weighted by molar-refractivity contribution is 0.262. The van der Waals surface area contributed by atoms with Crippen LogP contribution in [0.2, 0.25) is 10.0 Å². The van der Waals surface area contributed by atoms with E-state index in [0.717, 1.165) is 11.0 Å². The van der Waals surface area contributed by atoms with Crippen LogP contribution in [0.1, 0.15) is 6.92 Å². The highest BCUT2D eigenvalue weighted by Crippen LogP contribution is 2.28. The standard InChI is InChI=1S/C17H15BCl2N6O2/c1-2-26-16(27)14(4-13(25-26)9-3-10(18)6-21-5-9)23-17(28)24-15-11(19)7-22-8-12(15)20/h3-8H,2,18H2,1H3,(H2,22,23,24,28). The molecule has 0 saturated heterocycles. The minimum absolute atomic E-state index is 0.0622. The van der Waals surface area contributed by atoms with Gasteiger partial charge in [0.05, 0.1) is 21.4 Å². The van der Waals surface area contributed by atoms with Crippen molar-refractivity contribution in [2.75, 3.05) is 10.6 Å². The van der Waals surface area contributed by atoms with E-state index in [-0.39, 0.29) is 21.4 Å². The van der Waals surface area contributed by atoms with E-state index >= 15 is 0 Å². The molecule has 3 aromatic rings. The number of carbonyl (C=O) groups excluding carboxylic acids is 1. The fraction of sp³-hybridized carbons (Fsp3) is 0.118. The fourth-order valence-corrected chi connectivity index (χ4v) is 2.94. The summed E-state index contributed by atoms with van der Waals surface area (Å²) in [5.74, 6) is 0. The van der Waals surface area contributed by atoms with Crippen LogP contribution >= 0.6 is 23.2 Å². The lowest BCUT2D eigenvalue weighted by Crippen LogP contribution is -2.29. The average molecular weight is 417 g/mol. The highest BCUT2D eigenvalue weighted by Gasteiger charge is 2.15. The molecule has 0 aromatic carbocycles. The Morgan fingerprint density at radius 3 is 2.43 bits per heavy atom. The molecule has 0 spiro atoms. The molecule has 0 bridgehead atoms. The van der Waals surface area contributed by atoms with E-state index in [1.165, 1.54) is 23.1 Å². The van der Waals surface area contributed by atoms with Gasteiger partial charge in [-0.3, -0.25) is 14.8 Å². The molecule has 0 fully saturated rings. The van der Waals surface area contributed by atoms with Crippen molar-refractivity contribution in [1.29, 1.82) is 0 Å². The molecule has 0 atom stereocenters. The largest absolute Gasteiger partial charge is 0.323 e. The zero-order valence-electron chi connectivity index (χ0n) is 15.0. The Balaban J connectivity index is 1.94. The molecular formula is C17H15BCl2N6O2. The van der Waals surface area contributed by atoms with E-state index in [4.69, 9.17) is 23.2 Å². The third-order valence-corrected chi connectivity index (χ3v) is 4.36. The van der Waals surface area contributed by atoms with Crippen molar-refractivity contribution < 1.29 is 4.79 Å². The van der Waals surface area contributed by atoms with Crippen molar-refractivity contribution >= 4 is 53.9 Å². The lowest BCUT2D eigenvalue weighted by Gasteiger charge is -2.12. The number of nitrogens with one attached hydrogen (secondary N) is 2. The second-order valence-electron chi connectivity index (χ2n) is 5.87. The summed E-state index contributed by atoms with van der Waals surface area (Å²) in [7, 11) is 1.90. The number of pyridine rings is 2. The normalized spacial score (nSPS) is 10.5. The quantitative estimate of drug-likeness (QED) is 0.632. The Morgan fingerprint density at radius 2 is 1.79 bits per heavy atom. The molecule has 0 radical (unpaired) electrons. The Hall–Kier alpha value is -2.91.